The zero-order valence-electron chi connectivity index (χ0n) is 20.1. The minimum Gasteiger partial charge on any atom is -0.398 e. The van der Waals surface area contributed by atoms with Crippen LogP contribution in [0.4, 0.5) is 37.3 Å². The van der Waals surface area contributed by atoms with Crippen molar-refractivity contribution in [3.05, 3.63) is 48.4 Å². The molecule has 0 unspecified atom stereocenters. The van der Waals surface area contributed by atoms with Gasteiger partial charge in [-0.25, -0.2) is 13.7 Å². The van der Waals surface area contributed by atoms with E-state index in [9.17, 15) is 43.1 Å². The second-order valence-electron chi connectivity index (χ2n) is 7.51. The van der Waals surface area contributed by atoms with Gasteiger partial charge in [-0.15, -0.1) is 14.6 Å². The highest BCUT2D eigenvalue weighted by Crippen LogP contribution is 2.37. The Bertz CT molecular complexity index is 1820. The Hall–Kier alpha value is -3.46. The number of anilines is 3. The van der Waals surface area contributed by atoms with Gasteiger partial charge in [-0.2, -0.15) is 35.6 Å². The Morgan fingerprint density at radius 1 is 0.929 bits per heavy atom. The molecule has 0 saturated heterocycles. The Labute approximate surface area is 239 Å². The largest absolute Gasteiger partial charge is 0.398 e. The highest BCUT2D eigenvalue weighted by Gasteiger charge is 2.23. The van der Waals surface area contributed by atoms with E-state index in [4.69, 9.17) is 11.0 Å². The third-order valence-electron chi connectivity index (χ3n) is 4.71. The number of halogens is 2. The van der Waals surface area contributed by atoms with E-state index < -0.39 is 92.0 Å². The topological polar surface area (TPSA) is 279 Å². The van der Waals surface area contributed by atoms with Crippen LogP contribution in [0.2, 0.25) is 0 Å². The van der Waals surface area contributed by atoms with Crippen LogP contribution in [-0.4, -0.2) is 61.9 Å². The quantitative estimate of drug-likeness (QED) is 0.0200. The van der Waals surface area contributed by atoms with Crippen molar-refractivity contribution in [3.63, 3.8) is 0 Å². The van der Waals surface area contributed by atoms with Gasteiger partial charge in [0.1, 0.15) is 27.0 Å². The highest BCUT2D eigenvalue weighted by atomic mass is 32.2. The van der Waals surface area contributed by atoms with Crippen LogP contribution in [0.1, 0.15) is 0 Å². The lowest BCUT2D eigenvalue weighted by molar-refractivity contribution is -0.434. The van der Waals surface area contributed by atoms with E-state index in [0.717, 1.165) is 18.2 Å². The molecular weight excluding hydrogens is 658 g/mol. The van der Waals surface area contributed by atoms with Crippen molar-refractivity contribution in [2.75, 3.05) is 23.4 Å². The molecule has 2 aromatic carbocycles. The number of azo groups is 1. The summed E-state index contributed by atoms with van der Waals surface area (Å²) in [6.07, 6.45) is -1.48. The van der Waals surface area contributed by atoms with Gasteiger partial charge in [-0.3, -0.25) is 13.3 Å². The van der Waals surface area contributed by atoms with Crippen LogP contribution in [0, 0.1) is 12.0 Å². The Kier molecular flexibility index (Phi) is 10.4. The van der Waals surface area contributed by atoms with Crippen molar-refractivity contribution in [1.29, 1.82) is 0 Å². The van der Waals surface area contributed by atoms with Gasteiger partial charge in [-0.05, 0) is 30.3 Å². The summed E-state index contributed by atoms with van der Waals surface area (Å²) in [5.74, 6) is -2.51. The second kappa shape index (κ2) is 13.2. The van der Waals surface area contributed by atoms with E-state index in [1.807, 2.05) is 0 Å². The Balaban J connectivity index is 2.06. The number of sulfone groups is 1. The number of nitrogens with zero attached hydrogens (tertiary/aromatic N) is 4. The number of aromatic nitrogens is 2. The maximum atomic E-state index is 13.5. The van der Waals surface area contributed by atoms with Crippen molar-refractivity contribution in [1.82, 2.24) is 9.97 Å². The summed E-state index contributed by atoms with van der Waals surface area (Å²) in [4.78, 5) is 3.58. The molecule has 0 atom stereocenters. The number of hydrogen-bond donors (Lipinski definition) is 5. The zero-order chi connectivity index (χ0) is 31.3. The lowest BCUT2D eigenvalue weighted by Crippen LogP contribution is -2.12. The molecule has 0 aliphatic rings. The number of nitrogens with one attached hydrogen (secondary N) is 1. The second-order valence-corrected chi connectivity index (χ2v) is 12.9. The monoisotopic (exact) mass is 674 g/mol. The number of hydrogen-bond acceptors (Lipinski definition) is 17. The molecule has 42 heavy (non-hydrogen) atoms. The van der Waals surface area contributed by atoms with Crippen LogP contribution in [0.3, 0.4) is 0 Å². The van der Waals surface area contributed by atoms with Gasteiger partial charge in [-0.1, -0.05) is 5.04 Å². The molecule has 0 fully saturated rings. The van der Waals surface area contributed by atoms with Crippen molar-refractivity contribution in [2.24, 2.45) is 10.2 Å². The third-order valence-corrected chi connectivity index (χ3v) is 8.56. The molecule has 0 spiro atoms. The Morgan fingerprint density at radius 2 is 1.60 bits per heavy atom. The van der Waals surface area contributed by atoms with Gasteiger partial charge in [0.05, 0.1) is 28.6 Å². The standard InChI is InChI=1S/C18H16F2N6O12S4/c19-16-8-17(24-18(20)23-16)22-12-6-10(21)14(41(30,31)32)7-13(12)26-25-11-2-1-9(5-15(11)42(33,34)35)40(28,29)4-3-36-39-38-37-27/h1-2,5-8,27H,3-4,21H2,(H,22,23,24)(H,30,31,32)(H,33,34,35)/b26-25+. The summed E-state index contributed by atoms with van der Waals surface area (Å²) in [5.41, 5.74) is 3.64. The van der Waals surface area contributed by atoms with Crippen LogP contribution in [0.5, 0.6) is 0 Å². The van der Waals surface area contributed by atoms with Gasteiger partial charge >= 0.3 is 6.08 Å². The molecule has 0 saturated carbocycles. The average molecular weight is 675 g/mol. The molecule has 3 rings (SSSR count). The smallest absolute Gasteiger partial charge is 0.313 e. The third kappa shape index (κ3) is 8.77. The first-order valence-electron chi connectivity index (χ1n) is 10.4. The molecule has 3 aromatic rings. The maximum Gasteiger partial charge on any atom is 0.313 e. The normalized spacial score (nSPS) is 12.6. The maximum absolute atomic E-state index is 13.5. The number of benzene rings is 2. The first kappa shape index (κ1) is 33.0. The van der Waals surface area contributed by atoms with E-state index in [-0.39, 0.29) is 18.0 Å². The molecule has 1 heterocycles. The summed E-state index contributed by atoms with van der Waals surface area (Å²) < 4.78 is 127. The van der Waals surface area contributed by atoms with Gasteiger partial charge in [0.25, 0.3) is 20.2 Å². The minimum absolute atomic E-state index is 0.0993. The van der Waals surface area contributed by atoms with Gasteiger partial charge in [0.15, 0.2) is 22.2 Å². The summed E-state index contributed by atoms with van der Waals surface area (Å²) in [7, 11) is -14.3. The predicted molar refractivity (Wildman–Crippen MR) is 137 cm³/mol. The predicted octanol–water partition coefficient (Wildman–Crippen LogP) is 2.76. The summed E-state index contributed by atoms with van der Waals surface area (Å²) in [6, 6.07) is 4.46. The molecule has 0 aliphatic heterocycles. The molecule has 0 bridgehead atoms. The van der Waals surface area contributed by atoms with Crippen LogP contribution in [-0.2, 0) is 43.6 Å². The molecule has 18 nitrogen and oxygen atoms in total. The lowest BCUT2D eigenvalue weighted by Gasteiger charge is -2.12. The van der Waals surface area contributed by atoms with Gasteiger partial charge in [0.2, 0.25) is 5.95 Å². The molecule has 1 aromatic heterocycles. The van der Waals surface area contributed by atoms with E-state index in [2.05, 4.69) is 39.1 Å². The highest BCUT2D eigenvalue weighted by molar-refractivity contribution is 7.91. The van der Waals surface area contributed by atoms with Crippen LogP contribution >= 0.6 is 12.3 Å². The molecule has 228 valence electrons. The minimum atomic E-state index is -5.15. The van der Waals surface area contributed by atoms with E-state index in [1.165, 1.54) is 0 Å². The van der Waals surface area contributed by atoms with Crippen LogP contribution < -0.4 is 11.1 Å². The zero-order valence-corrected chi connectivity index (χ0v) is 23.4. The molecular formula is C18H16F2N6O12S4. The van der Waals surface area contributed by atoms with Gasteiger partial charge in [0, 0.05) is 6.07 Å². The summed E-state index contributed by atoms with van der Waals surface area (Å²) in [5, 5.41) is 20.9. The van der Waals surface area contributed by atoms with Crippen LogP contribution in [0.15, 0.2) is 61.3 Å². The first-order valence-corrected chi connectivity index (χ1v) is 15.6. The number of nitrogen functional groups attached to an aromatic ring is 1. The fraction of sp³-hybridized carbons (Fsp3) is 0.111. The number of rotatable bonds is 13. The molecule has 6 N–H and O–H groups in total. The summed E-state index contributed by atoms with van der Waals surface area (Å²) in [6.45, 7) is -0.512. The van der Waals surface area contributed by atoms with Crippen molar-refractivity contribution < 1.29 is 62.0 Å². The van der Waals surface area contributed by atoms with E-state index >= 15 is 0 Å². The fourth-order valence-electron chi connectivity index (χ4n) is 3.00. The van der Waals surface area contributed by atoms with Crippen molar-refractivity contribution in [2.45, 2.75) is 14.7 Å². The molecule has 0 radical (unpaired) electrons. The van der Waals surface area contributed by atoms with E-state index in [0.29, 0.717) is 18.2 Å². The SMILES string of the molecule is Nc1cc(Nc2cc(F)nc(F)n2)c(/N=N/c2ccc(S(=O)(=O)CCOSOOO)cc2S(=O)(=O)O)cc1S(=O)(=O)O. The number of nitrogens with two attached hydrogens (primary N) is 1. The van der Waals surface area contributed by atoms with Crippen molar-refractivity contribution >= 4 is 71.0 Å². The molecule has 0 aliphatic carbocycles. The van der Waals surface area contributed by atoms with Crippen LogP contribution in [0.25, 0.3) is 0 Å². The first-order chi connectivity index (χ1) is 19.5. The average Bonchev–Trinajstić information content (AvgIpc) is 2.86. The fourth-order valence-corrected chi connectivity index (χ4v) is 5.77. The van der Waals surface area contributed by atoms with E-state index in [1.54, 1.807) is 0 Å². The molecule has 24 heteroatoms. The van der Waals surface area contributed by atoms with Crippen molar-refractivity contribution in [3.8, 4) is 0 Å². The van der Waals surface area contributed by atoms with Gasteiger partial charge < -0.3 is 11.1 Å². The lowest BCUT2D eigenvalue weighted by atomic mass is 10.2. The molecule has 0 amide bonds. The summed E-state index contributed by atoms with van der Waals surface area (Å²) >= 11 is 0.0993. The Morgan fingerprint density at radius 3 is 2.21 bits per heavy atom.